The van der Waals surface area contributed by atoms with Crippen LogP contribution in [0, 0.1) is 11.8 Å². The summed E-state index contributed by atoms with van der Waals surface area (Å²) in [5.74, 6) is 0.0368. The Labute approximate surface area is 140 Å². The Kier molecular flexibility index (Phi) is 3.87. The molecule has 8 heteroatoms. The van der Waals surface area contributed by atoms with Gasteiger partial charge in [0.1, 0.15) is 0 Å². The summed E-state index contributed by atoms with van der Waals surface area (Å²) < 4.78 is 34.5. The topological polar surface area (TPSA) is 98.9 Å². The van der Waals surface area contributed by atoms with Crippen molar-refractivity contribution in [2.45, 2.75) is 24.0 Å². The van der Waals surface area contributed by atoms with E-state index in [1.807, 2.05) is 6.07 Å². The van der Waals surface area contributed by atoms with Crippen molar-refractivity contribution in [2.75, 3.05) is 26.4 Å². The van der Waals surface area contributed by atoms with Crippen LogP contribution in [0.25, 0.3) is 0 Å². The molecule has 1 aromatic rings. The standard InChI is InChI=1S/C16H20N2O5S/c17-24(20,21)15-3-1-2-10-6-18(5-4-11(10)15)16(19)13-8-23-14-9-22-7-12(13)14/h1-3,12-14H,4-9H2,(H2,17,20,21). The molecule has 130 valence electrons. The van der Waals surface area contributed by atoms with E-state index in [2.05, 4.69) is 0 Å². The van der Waals surface area contributed by atoms with E-state index < -0.39 is 10.0 Å². The Morgan fingerprint density at radius 3 is 2.88 bits per heavy atom. The molecule has 3 heterocycles. The normalized spacial score (nSPS) is 29.4. The van der Waals surface area contributed by atoms with E-state index in [0.717, 1.165) is 11.1 Å². The van der Waals surface area contributed by atoms with Gasteiger partial charge in [-0.05, 0) is 23.6 Å². The Balaban J connectivity index is 1.56. The zero-order valence-corrected chi connectivity index (χ0v) is 14.0. The van der Waals surface area contributed by atoms with Crippen LogP contribution in [0.4, 0.5) is 0 Å². The van der Waals surface area contributed by atoms with Crippen molar-refractivity contribution in [2.24, 2.45) is 17.0 Å². The fourth-order valence-corrected chi connectivity index (χ4v) is 4.81. The van der Waals surface area contributed by atoms with Gasteiger partial charge < -0.3 is 14.4 Å². The van der Waals surface area contributed by atoms with Crippen LogP contribution < -0.4 is 5.14 Å². The van der Waals surface area contributed by atoms with Gasteiger partial charge in [-0.15, -0.1) is 0 Å². The number of carbonyl (C=O) groups is 1. The summed E-state index contributed by atoms with van der Waals surface area (Å²) in [4.78, 5) is 14.8. The Morgan fingerprint density at radius 1 is 1.25 bits per heavy atom. The van der Waals surface area contributed by atoms with Crippen molar-refractivity contribution in [3.8, 4) is 0 Å². The first kappa shape index (κ1) is 16.0. The molecule has 1 aromatic carbocycles. The van der Waals surface area contributed by atoms with Crippen molar-refractivity contribution >= 4 is 15.9 Å². The highest BCUT2D eigenvalue weighted by Crippen LogP contribution is 2.34. The second-order valence-corrected chi connectivity index (χ2v) is 8.16. The Morgan fingerprint density at radius 2 is 2.08 bits per heavy atom. The molecule has 7 nitrogen and oxygen atoms in total. The number of carbonyl (C=O) groups excluding carboxylic acids is 1. The number of nitrogens with two attached hydrogens (primary N) is 1. The number of rotatable bonds is 2. The van der Waals surface area contributed by atoms with E-state index in [-0.39, 0.29) is 28.7 Å². The van der Waals surface area contributed by atoms with E-state index in [0.29, 0.717) is 39.3 Å². The second kappa shape index (κ2) is 5.80. The van der Waals surface area contributed by atoms with Crippen LogP contribution >= 0.6 is 0 Å². The first-order valence-corrected chi connectivity index (χ1v) is 9.61. The average Bonchev–Trinajstić information content (AvgIpc) is 3.15. The average molecular weight is 352 g/mol. The third kappa shape index (κ3) is 2.63. The van der Waals surface area contributed by atoms with Crippen LogP contribution in [0.15, 0.2) is 23.1 Å². The quantitative estimate of drug-likeness (QED) is 0.800. The zero-order chi connectivity index (χ0) is 16.9. The number of benzene rings is 1. The van der Waals surface area contributed by atoms with E-state index in [4.69, 9.17) is 14.6 Å². The predicted octanol–water partition coefficient (Wildman–Crippen LogP) is -0.120. The summed E-state index contributed by atoms with van der Waals surface area (Å²) in [5.41, 5.74) is 1.58. The number of amides is 1. The van der Waals surface area contributed by atoms with E-state index >= 15 is 0 Å². The SMILES string of the molecule is NS(=O)(=O)c1cccc2c1CCN(C(=O)C1COC3COCC31)C2. The number of sulfonamides is 1. The summed E-state index contributed by atoms with van der Waals surface area (Å²) in [5, 5.41) is 5.29. The molecular weight excluding hydrogens is 332 g/mol. The molecule has 3 unspecified atom stereocenters. The maximum absolute atomic E-state index is 12.9. The van der Waals surface area contributed by atoms with Gasteiger partial charge in [-0.3, -0.25) is 4.79 Å². The van der Waals surface area contributed by atoms with Gasteiger partial charge in [-0.25, -0.2) is 13.6 Å². The summed E-state index contributed by atoms with van der Waals surface area (Å²) >= 11 is 0. The van der Waals surface area contributed by atoms with Crippen LogP contribution in [0.3, 0.4) is 0 Å². The fourth-order valence-electron chi connectivity index (χ4n) is 3.97. The summed E-state index contributed by atoms with van der Waals surface area (Å²) in [6, 6.07) is 5.05. The first-order chi connectivity index (χ1) is 11.4. The maximum atomic E-state index is 12.9. The smallest absolute Gasteiger partial charge is 0.238 e. The van der Waals surface area contributed by atoms with Crippen LogP contribution in [0.5, 0.6) is 0 Å². The molecule has 0 saturated carbocycles. The molecule has 4 rings (SSSR count). The van der Waals surface area contributed by atoms with Gasteiger partial charge >= 0.3 is 0 Å². The lowest BCUT2D eigenvalue weighted by molar-refractivity contribution is -0.138. The van der Waals surface area contributed by atoms with Gasteiger partial charge in [-0.1, -0.05) is 12.1 Å². The molecular formula is C16H20N2O5S. The molecule has 2 fully saturated rings. The van der Waals surface area contributed by atoms with Gasteiger partial charge in [0.25, 0.3) is 0 Å². The van der Waals surface area contributed by atoms with Gasteiger partial charge in [0, 0.05) is 19.0 Å². The van der Waals surface area contributed by atoms with E-state index in [1.54, 1.807) is 11.0 Å². The van der Waals surface area contributed by atoms with Crippen molar-refractivity contribution in [1.82, 2.24) is 4.90 Å². The monoisotopic (exact) mass is 352 g/mol. The molecule has 3 aliphatic rings. The van der Waals surface area contributed by atoms with E-state index in [9.17, 15) is 13.2 Å². The molecule has 1 amide bonds. The predicted molar refractivity (Wildman–Crippen MR) is 84.5 cm³/mol. The maximum Gasteiger partial charge on any atom is 0.238 e. The van der Waals surface area contributed by atoms with Crippen molar-refractivity contribution in [3.63, 3.8) is 0 Å². The minimum atomic E-state index is -3.75. The minimum Gasteiger partial charge on any atom is -0.378 e. The summed E-state index contributed by atoms with van der Waals surface area (Å²) in [6.45, 7) is 2.48. The lowest BCUT2D eigenvalue weighted by atomic mass is 9.90. The van der Waals surface area contributed by atoms with Crippen molar-refractivity contribution in [3.05, 3.63) is 29.3 Å². The number of fused-ring (bicyclic) bond motifs is 2. The van der Waals surface area contributed by atoms with Crippen LogP contribution in [-0.4, -0.2) is 51.7 Å². The summed E-state index contributed by atoms with van der Waals surface area (Å²) in [7, 11) is -3.75. The third-order valence-corrected chi connectivity index (χ3v) is 6.23. The molecule has 0 aliphatic carbocycles. The minimum absolute atomic E-state index is 0.0324. The van der Waals surface area contributed by atoms with E-state index in [1.165, 1.54) is 6.07 Å². The number of primary sulfonamides is 1. The highest BCUT2D eigenvalue weighted by Gasteiger charge is 2.46. The van der Waals surface area contributed by atoms with Crippen molar-refractivity contribution in [1.29, 1.82) is 0 Å². The molecule has 0 radical (unpaired) electrons. The Hall–Kier alpha value is -1.48. The number of nitrogens with zero attached hydrogens (tertiary/aromatic N) is 1. The molecule has 0 bridgehead atoms. The van der Waals surface area contributed by atoms with Crippen LogP contribution in [-0.2, 0) is 37.3 Å². The lowest BCUT2D eigenvalue weighted by Gasteiger charge is -2.32. The highest BCUT2D eigenvalue weighted by molar-refractivity contribution is 7.89. The number of ether oxygens (including phenoxy) is 2. The van der Waals surface area contributed by atoms with Crippen LogP contribution in [0.2, 0.25) is 0 Å². The lowest BCUT2D eigenvalue weighted by Crippen LogP contribution is -2.42. The highest BCUT2D eigenvalue weighted by atomic mass is 32.2. The largest absolute Gasteiger partial charge is 0.378 e. The van der Waals surface area contributed by atoms with Gasteiger partial charge in [0.2, 0.25) is 15.9 Å². The van der Waals surface area contributed by atoms with Crippen molar-refractivity contribution < 1.29 is 22.7 Å². The van der Waals surface area contributed by atoms with Crippen LogP contribution in [0.1, 0.15) is 11.1 Å². The van der Waals surface area contributed by atoms with Gasteiger partial charge in [0.15, 0.2) is 0 Å². The molecule has 0 spiro atoms. The molecule has 3 atom stereocenters. The second-order valence-electron chi connectivity index (χ2n) is 6.63. The third-order valence-electron chi connectivity index (χ3n) is 5.24. The Bertz CT molecular complexity index is 779. The molecule has 24 heavy (non-hydrogen) atoms. The summed E-state index contributed by atoms with van der Waals surface area (Å²) in [6.07, 6.45) is 0.524. The molecule has 3 aliphatic heterocycles. The fraction of sp³-hybridized carbons (Fsp3) is 0.562. The first-order valence-electron chi connectivity index (χ1n) is 8.07. The van der Waals surface area contributed by atoms with Gasteiger partial charge in [-0.2, -0.15) is 0 Å². The number of hydrogen-bond donors (Lipinski definition) is 1. The van der Waals surface area contributed by atoms with Gasteiger partial charge in [0.05, 0.1) is 36.7 Å². The molecule has 2 saturated heterocycles. The zero-order valence-electron chi connectivity index (χ0n) is 13.2. The molecule has 2 N–H and O–H groups in total. The molecule has 0 aromatic heterocycles. The number of hydrogen-bond acceptors (Lipinski definition) is 5.